The van der Waals surface area contributed by atoms with Gasteiger partial charge in [0, 0.05) is 73.2 Å². The van der Waals surface area contributed by atoms with E-state index in [9.17, 15) is 4.39 Å². The summed E-state index contributed by atoms with van der Waals surface area (Å²) in [7, 11) is 6.15. The number of nitrogens with zero attached hydrogens (tertiary/aromatic N) is 5. The van der Waals surface area contributed by atoms with Crippen molar-refractivity contribution < 1.29 is 4.39 Å². The first kappa shape index (κ1) is 25.5. The average molecular weight is 515 g/mol. The number of likely N-dealkylation sites (N-methyl/N-ethyl adjacent to an activating group) is 2. The molecule has 5 aromatic rings. The van der Waals surface area contributed by atoms with Crippen LogP contribution in [0.3, 0.4) is 0 Å². The molecule has 0 atom stereocenters. The molecule has 3 N–H and O–H groups in total. The van der Waals surface area contributed by atoms with E-state index in [-0.39, 0.29) is 5.82 Å². The van der Waals surface area contributed by atoms with Gasteiger partial charge in [-0.15, -0.1) is 0 Å². The van der Waals surface area contributed by atoms with Crippen molar-refractivity contribution in [2.24, 2.45) is 7.05 Å². The van der Waals surface area contributed by atoms with Gasteiger partial charge in [-0.25, -0.2) is 9.37 Å². The molecule has 5 rings (SSSR count). The largest absolute Gasteiger partial charge is 0.384 e. The van der Waals surface area contributed by atoms with E-state index in [4.69, 9.17) is 9.97 Å². The van der Waals surface area contributed by atoms with E-state index in [1.807, 2.05) is 30.1 Å². The standard InChI is InChI=1S/C29H35FN8/c1-6-31-24-17-20(9-11-26(24)38(7-2)15-14-36(3)4)33-29-34-27(21-12-13-32-28(21)35-29)23-18-37(5)25-10-8-19(30)16-22(23)25/h8-13,16-18,31H,6-7,14-15H2,1-5H3,(H2,32,33,34,35). The second-order valence-electron chi connectivity index (χ2n) is 9.72. The van der Waals surface area contributed by atoms with E-state index < -0.39 is 0 Å². The number of aromatic amines is 1. The zero-order valence-corrected chi connectivity index (χ0v) is 22.6. The van der Waals surface area contributed by atoms with Crippen LogP contribution in [-0.2, 0) is 7.05 Å². The van der Waals surface area contributed by atoms with Crippen molar-refractivity contribution in [2.45, 2.75) is 13.8 Å². The summed E-state index contributed by atoms with van der Waals surface area (Å²) in [6, 6.07) is 13.1. The fourth-order valence-corrected chi connectivity index (χ4v) is 4.88. The minimum Gasteiger partial charge on any atom is -0.384 e. The zero-order chi connectivity index (χ0) is 26.8. The Morgan fingerprint density at radius 2 is 1.84 bits per heavy atom. The van der Waals surface area contributed by atoms with Gasteiger partial charge in [0.1, 0.15) is 11.5 Å². The quantitative estimate of drug-likeness (QED) is 0.218. The third-order valence-corrected chi connectivity index (χ3v) is 6.78. The molecule has 0 spiro atoms. The second kappa shape index (κ2) is 10.7. The summed E-state index contributed by atoms with van der Waals surface area (Å²) in [4.78, 5) is 17.4. The normalized spacial score (nSPS) is 11.6. The summed E-state index contributed by atoms with van der Waals surface area (Å²) in [6.07, 6.45) is 3.84. The Hall–Kier alpha value is -4.11. The molecule has 0 aliphatic rings. The van der Waals surface area contributed by atoms with Crippen molar-refractivity contribution in [1.29, 1.82) is 0 Å². The number of aromatic nitrogens is 4. The first-order chi connectivity index (χ1) is 18.4. The Bertz CT molecular complexity index is 1570. The number of rotatable bonds is 10. The highest BCUT2D eigenvalue weighted by Crippen LogP contribution is 2.35. The maximum atomic E-state index is 14.2. The molecule has 38 heavy (non-hydrogen) atoms. The third kappa shape index (κ3) is 5.02. The van der Waals surface area contributed by atoms with E-state index in [1.54, 1.807) is 12.1 Å². The van der Waals surface area contributed by atoms with Crippen molar-refractivity contribution in [1.82, 2.24) is 24.4 Å². The molecule has 0 bridgehead atoms. The number of halogens is 1. The van der Waals surface area contributed by atoms with Gasteiger partial charge in [-0.3, -0.25) is 0 Å². The zero-order valence-electron chi connectivity index (χ0n) is 22.6. The Labute approximate surface area is 222 Å². The molecule has 0 saturated carbocycles. The van der Waals surface area contributed by atoms with E-state index in [0.29, 0.717) is 5.95 Å². The minimum atomic E-state index is -0.273. The molecule has 0 saturated heterocycles. The van der Waals surface area contributed by atoms with Crippen LogP contribution < -0.4 is 15.5 Å². The van der Waals surface area contributed by atoms with Crippen molar-refractivity contribution in [3.63, 3.8) is 0 Å². The van der Waals surface area contributed by atoms with Gasteiger partial charge in [-0.2, -0.15) is 4.98 Å². The van der Waals surface area contributed by atoms with Crippen LogP contribution in [0.15, 0.2) is 54.9 Å². The van der Waals surface area contributed by atoms with Crippen LogP contribution in [0.4, 0.5) is 27.4 Å². The monoisotopic (exact) mass is 514 g/mol. The highest BCUT2D eigenvalue weighted by molar-refractivity contribution is 6.02. The van der Waals surface area contributed by atoms with Crippen molar-refractivity contribution >= 4 is 44.9 Å². The van der Waals surface area contributed by atoms with Crippen LogP contribution >= 0.6 is 0 Å². The first-order valence-corrected chi connectivity index (χ1v) is 13.0. The van der Waals surface area contributed by atoms with Crippen LogP contribution in [0.25, 0.3) is 33.2 Å². The van der Waals surface area contributed by atoms with Gasteiger partial charge < -0.3 is 30.0 Å². The van der Waals surface area contributed by atoms with Crippen LogP contribution in [0.1, 0.15) is 13.8 Å². The Morgan fingerprint density at radius 1 is 1.00 bits per heavy atom. The van der Waals surface area contributed by atoms with E-state index in [2.05, 4.69) is 71.6 Å². The molecule has 2 aromatic carbocycles. The number of hydrogen-bond donors (Lipinski definition) is 3. The maximum absolute atomic E-state index is 14.2. The predicted octanol–water partition coefficient (Wildman–Crippen LogP) is 5.82. The summed E-state index contributed by atoms with van der Waals surface area (Å²) in [5.74, 6) is 0.198. The fourth-order valence-electron chi connectivity index (χ4n) is 4.88. The molecule has 0 fully saturated rings. The second-order valence-corrected chi connectivity index (χ2v) is 9.72. The van der Waals surface area contributed by atoms with Gasteiger partial charge in [-0.1, -0.05) is 0 Å². The fraction of sp³-hybridized carbons (Fsp3) is 0.310. The molecule has 0 unspecified atom stereocenters. The molecule has 0 amide bonds. The first-order valence-electron chi connectivity index (χ1n) is 13.0. The lowest BCUT2D eigenvalue weighted by atomic mass is 10.1. The summed E-state index contributed by atoms with van der Waals surface area (Å²) in [5.41, 5.74) is 6.38. The van der Waals surface area contributed by atoms with Gasteiger partial charge in [0.15, 0.2) is 0 Å². The van der Waals surface area contributed by atoms with E-state index in [0.717, 1.165) is 70.7 Å². The summed E-state index contributed by atoms with van der Waals surface area (Å²) in [6.45, 7) is 7.93. The van der Waals surface area contributed by atoms with E-state index in [1.165, 1.54) is 11.8 Å². The van der Waals surface area contributed by atoms with Gasteiger partial charge in [0.25, 0.3) is 0 Å². The SMILES string of the molecule is CCNc1cc(Nc2nc(-c3cn(C)c4ccc(F)cc34)c3cc[nH]c3n2)ccc1N(CC)CCN(C)C. The van der Waals surface area contributed by atoms with Crippen molar-refractivity contribution in [3.05, 3.63) is 60.7 Å². The topological polar surface area (TPSA) is 77.0 Å². The number of anilines is 4. The molecule has 0 radical (unpaired) electrons. The van der Waals surface area contributed by atoms with Crippen LogP contribution in [0.5, 0.6) is 0 Å². The smallest absolute Gasteiger partial charge is 0.229 e. The molecule has 3 heterocycles. The molecule has 8 nitrogen and oxygen atoms in total. The lowest BCUT2D eigenvalue weighted by Crippen LogP contribution is -2.32. The average Bonchev–Trinajstić information content (AvgIpc) is 3.49. The molecular weight excluding hydrogens is 479 g/mol. The molecule has 0 aliphatic heterocycles. The van der Waals surface area contributed by atoms with Crippen LogP contribution in [0, 0.1) is 5.82 Å². The Kier molecular flexibility index (Phi) is 7.20. The van der Waals surface area contributed by atoms with Crippen LogP contribution in [0.2, 0.25) is 0 Å². The van der Waals surface area contributed by atoms with Gasteiger partial charge in [0.2, 0.25) is 5.95 Å². The van der Waals surface area contributed by atoms with Crippen molar-refractivity contribution in [2.75, 3.05) is 55.8 Å². The number of benzene rings is 2. The molecule has 9 heteroatoms. The number of hydrogen-bond acceptors (Lipinski definition) is 6. The minimum absolute atomic E-state index is 0.273. The summed E-state index contributed by atoms with van der Waals surface area (Å²) >= 11 is 0. The number of nitrogens with one attached hydrogen (secondary N) is 3. The molecule has 198 valence electrons. The van der Waals surface area contributed by atoms with Crippen LogP contribution in [-0.4, -0.2) is 64.7 Å². The molecular formula is C29H35FN8. The maximum Gasteiger partial charge on any atom is 0.229 e. The van der Waals surface area contributed by atoms with E-state index >= 15 is 0 Å². The Morgan fingerprint density at radius 3 is 2.61 bits per heavy atom. The molecule has 3 aromatic heterocycles. The Balaban J connectivity index is 1.53. The highest BCUT2D eigenvalue weighted by Gasteiger charge is 2.17. The lowest BCUT2D eigenvalue weighted by molar-refractivity contribution is 0.414. The predicted molar refractivity (Wildman–Crippen MR) is 156 cm³/mol. The van der Waals surface area contributed by atoms with Gasteiger partial charge in [-0.05, 0) is 70.4 Å². The number of fused-ring (bicyclic) bond motifs is 2. The summed E-state index contributed by atoms with van der Waals surface area (Å²) in [5, 5.41) is 8.62. The van der Waals surface area contributed by atoms with Crippen molar-refractivity contribution in [3.8, 4) is 11.3 Å². The summed E-state index contributed by atoms with van der Waals surface area (Å²) < 4.78 is 16.2. The molecule has 0 aliphatic carbocycles. The lowest BCUT2D eigenvalue weighted by Gasteiger charge is -2.27. The van der Waals surface area contributed by atoms with Gasteiger partial charge >= 0.3 is 0 Å². The highest BCUT2D eigenvalue weighted by atomic mass is 19.1. The number of aryl methyl sites for hydroxylation is 1. The number of H-pyrrole nitrogens is 1. The van der Waals surface area contributed by atoms with Gasteiger partial charge in [0.05, 0.1) is 17.1 Å². The third-order valence-electron chi connectivity index (χ3n) is 6.78.